The third-order valence-electron chi connectivity index (χ3n) is 5.16. The Morgan fingerprint density at radius 2 is 1.59 bits per heavy atom. The molecule has 0 amide bonds. The van der Waals surface area contributed by atoms with Crippen LogP contribution in [-0.4, -0.2) is 31.1 Å². The second-order valence-corrected chi connectivity index (χ2v) is 6.95. The van der Waals surface area contributed by atoms with Crippen LogP contribution in [-0.2, 0) is 12.8 Å². The fourth-order valence-corrected chi connectivity index (χ4v) is 3.79. The molecule has 3 rings (SSSR count). The number of benzene rings is 1. The van der Waals surface area contributed by atoms with Gasteiger partial charge < -0.3 is 9.64 Å². The lowest BCUT2D eigenvalue weighted by molar-refractivity contribution is 0.216. The average Bonchev–Trinajstić information content (AvgIpc) is 2.80. The normalized spacial score (nSPS) is 19.5. The van der Waals surface area contributed by atoms with E-state index in [9.17, 15) is 0 Å². The van der Waals surface area contributed by atoms with Gasteiger partial charge in [-0.15, -0.1) is 0 Å². The summed E-state index contributed by atoms with van der Waals surface area (Å²) in [5.41, 5.74) is 3.08. The van der Waals surface area contributed by atoms with Crippen molar-refractivity contribution in [3.05, 3.63) is 29.3 Å². The number of likely N-dealkylation sites (tertiary alicyclic amines) is 1. The fourth-order valence-electron chi connectivity index (χ4n) is 3.79. The van der Waals surface area contributed by atoms with E-state index in [0.717, 1.165) is 12.4 Å². The Morgan fingerprint density at radius 3 is 2.45 bits per heavy atom. The minimum atomic E-state index is 0.868. The van der Waals surface area contributed by atoms with Crippen LogP contribution in [0.2, 0.25) is 0 Å². The number of piperidine rings is 1. The summed E-state index contributed by atoms with van der Waals surface area (Å²) in [5, 5.41) is 0. The molecule has 2 nitrogen and oxygen atoms in total. The molecule has 1 aliphatic heterocycles. The number of nitrogens with zero attached hydrogens (tertiary/aromatic N) is 1. The predicted molar refractivity (Wildman–Crippen MR) is 92.7 cm³/mol. The van der Waals surface area contributed by atoms with Crippen LogP contribution in [0.25, 0.3) is 0 Å². The molecule has 1 heterocycles. The first kappa shape index (κ1) is 15.9. The molecule has 1 aliphatic carbocycles. The van der Waals surface area contributed by atoms with E-state index in [0.29, 0.717) is 0 Å². The van der Waals surface area contributed by atoms with Gasteiger partial charge in [0.05, 0.1) is 6.61 Å². The summed E-state index contributed by atoms with van der Waals surface area (Å²) in [4.78, 5) is 2.62. The monoisotopic (exact) mass is 301 g/mol. The van der Waals surface area contributed by atoms with Gasteiger partial charge in [-0.1, -0.05) is 18.9 Å². The van der Waals surface area contributed by atoms with E-state index in [2.05, 4.69) is 23.1 Å². The lowest BCUT2D eigenvalue weighted by Gasteiger charge is -2.26. The van der Waals surface area contributed by atoms with Crippen LogP contribution in [0.15, 0.2) is 18.2 Å². The highest BCUT2D eigenvalue weighted by Gasteiger charge is 2.10. The van der Waals surface area contributed by atoms with Crippen LogP contribution in [0, 0.1) is 0 Å². The summed E-state index contributed by atoms with van der Waals surface area (Å²) in [6, 6.07) is 6.77. The second kappa shape index (κ2) is 8.57. The lowest BCUT2D eigenvalue weighted by atomic mass is 10.0. The van der Waals surface area contributed by atoms with E-state index in [-0.39, 0.29) is 0 Å². The number of unbranched alkanes of at least 4 members (excludes halogenated alkanes) is 1. The van der Waals surface area contributed by atoms with Gasteiger partial charge in [-0.3, -0.25) is 0 Å². The first-order valence-corrected chi connectivity index (χ1v) is 9.39. The van der Waals surface area contributed by atoms with Gasteiger partial charge in [0.2, 0.25) is 0 Å². The van der Waals surface area contributed by atoms with E-state index in [4.69, 9.17) is 4.74 Å². The largest absolute Gasteiger partial charge is 0.494 e. The Labute approximate surface area is 135 Å². The maximum absolute atomic E-state index is 5.98. The molecular weight excluding hydrogens is 270 g/mol. The third-order valence-corrected chi connectivity index (χ3v) is 5.16. The zero-order valence-electron chi connectivity index (χ0n) is 14.0. The second-order valence-electron chi connectivity index (χ2n) is 6.95. The summed E-state index contributed by atoms with van der Waals surface area (Å²) < 4.78 is 5.98. The number of ether oxygens (including phenoxy) is 1. The molecule has 0 radical (unpaired) electrons. The van der Waals surface area contributed by atoms with Crippen molar-refractivity contribution < 1.29 is 4.74 Å². The predicted octanol–water partition coefficient (Wildman–Crippen LogP) is 4.60. The Kier molecular flexibility index (Phi) is 6.18. The molecule has 122 valence electrons. The number of hydrogen-bond donors (Lipinski definition) is 0. The van der Waals surface area contributed by atoms with E-state index in [1.165, 1.54) is 89.4 Å². The van der Waals surface area contributed by atoms with Crippen molar-refractivity contribution in [2.45, 2.75) is 64.2 Å². The van der Waals surface area contributed by atoms with Gasteiger partial charge in [-0.2, -0.15) is 0 Å². The molecule has 0 atom stereocenters. The van der Waals surface area contributed by atoms with Crippen LogP contribution in [0.4, 0.5) is 0 Å². The van der Waals surface area contributed by atoms with E-state index in [1.807, 2.05) is 0 Å². The molecule has 1 saturated heterocycles. The Hall–Kier alpha value is -1.02. The summed E-state index contributed by atoms with van der Waals surface area (Å²) in [7, 11) is 0. The number of fused-ring (bicyclic) bond motifs is 1. The maximum atomic E-state index is 5.98. The summed E-state index contributed by atoms with van der Waals surface area (Å²) >= 11 is 0. The molecule has 0 spiro atoms. The van der Waals surface area contributed by atoms with Gasteiger partial charge in [0.1, 0.15) is 5.75 Å². The van der Waals surface area contributed by atoms with Gasteiger partial charge in [0.15, 0.2) is 0 Å². The highest BCUT2D eigenvalue weighted by Crippen LogP contribution is 2.25. The first-order chi connectivity index (χ1) is 10.9. The number of hydrogen-bond acceptors (Lipinski definition) is 2. The minimum Gasteiger partial charge on any atom is -0.494 e. The van der Waals surface area contributed by atoms with Crippen LogP contribution < -0.4 is 4.74 Å². The molecule has 1 aromatic carbocycles. The molecule has 1 fully saturated rings. The van der Waals surface area contributed by atoms with Crippen molar-refractivity contribution in [2.75, 3.05) is 26.2 Å². The molecule has 0 aromatic heterocycles. The highest BCUT2D eigenvalue weighted by molar-refractivity contribution is 5.36. The van der Waals surface area contributed by atoms with Crippen molar-refractivity contribution in [3.63, 3.8) is 0 Å². The molecule has 2 heteroatoms. The van der Waals surface area contributed by atoms with Crippen molar-refractivity contribution in [3.8, 4) is 5.75 Å². The van der Waals surface area contributed by atoms with E-state index >= 15 is 0 Å². The third kappa shape index (κ3) is 4.74. The van der Waals surface area contributed by atoms with Crippen molar-refractivity contribution in [2.24, 2.45) is 0 Å². The average molecular weight is 301 g/mol. The summed E-state index contributed by atoms with van der Waals surface area (Å²) in [6.45, 7) is 4.75. The van der Waals surface area contributed by atoms with E-state index < -0.39 is 0 Å². The number of rotatable bonds is 6. The molecule has 0 saturated carbocycles. The SMILES string of the molecule is c1cc2c(cc1OCCCCN1CCCCC1)CCCCC2. The van der Waals surface area contributed by atoms with Crippen LogP contribution >= 0.6 is 0 Å². The highest BCUT2D eigenvalue weighted by atomic mass is 16.5. The summed E-state index contributed by atoms with van der Waals surface area (Å²) in [6.07, 6.45) is 13.2. The Morgan fingerprint density at radius 1 is 0.818 bits per heavy atom. The lowest BCUT2D eigenvalue weighted by Crippen LogP contribution is -2.30. The fraction of sp³-hybridized carbons (Fsp3) is 0.700. The standard InChI is InChI=1S/C20H31NO/c1-3-9-18-11-12-20(17-19(18)10-4-1)22-16-8-7-15-21-13-5-2-6-14-21/h11-12,17H,1-10,13-16H2. The van der Waals surface area contributed by atoms with Crippen LogP contribution in [0.3, 0.4) is 0 Å². The van der Waals surface area contributed by atoms with Gasteiger partial charge in [-0.25, -0.2) is 0 Å². The van der Waals surface area contributed by atoms with Crippen LogP contribution in [0.5, 0.6) is 5.75 Å². The Balaban J connectivity index is 1.37. The molecule has 22 heavy (non-hydrogen) atoms. The molecular formula is C20H31NO. The number of aryl methyl sites for hydroxylation is 2. The quantitative estimate of drug-likeness (QED) is 0.562. The van der Waals surface area contributed by atoms with Gasteiger partial charge >= 0.3 is 0 Å². The molecule has 0 N–H and O–H groups in total. The minimum absolute atomic E-state index is 0.868. The van der Waals surface area contributed by atoms with Gasteiger partial charge in [-0.05, 0) is 94.3 Å². The van der Waals surface area contributed by atoms with Gasteiger partial charge in [0.25, 0.3) is 0 Å². The summed E-state index contributed by atoms with van der Waals surface area (Å²) in [5.74, 6) is 1.08. The van der Waals surface area contributed by atoms with Crippen molar-refractivity contribution in [1.29, 1.82) is 0 Å². The molecule has 2 aliphatic rings. The van der Waals surface area contributed by atoms with Crippen molar-refractivity contribution >= 4 is 0 Å². The van der Waals surface area contributed by atoms with Crippen molar-refractivity contribution in [1.82, 2.24) is 4.90 Å². The topological polar surface area (TPSA) is 12.5 Å². The Bertz CT molecular complexity index is 451. The smallest absolute Gasteiger partial charge is 0.119 e. The molecule has 0 unspecified atom stereocenters. The van der Waals surface area contributed by atoms with E-state index in [1.54, 1.807) is 5.56 Å². The van der Waals surface area contributed by atoms with Crippen LogP contribution in [0.1, 0.15) is 62.5 Å². The zero-order chi connectivity index (χ0) is 15.0. The molecule has 1 aromatic rings. The zero-order valence-corrected chi connectivity index (χ0v) is 14.0. The van der Waals surface area contributed by atoms with Gasteiger partial charge in [0, 0.05) is 0 Å². The molecule has 0 bridgehead atoms. The first-order valence-electron chi connectivity index (χ1n) is 9.39. The maximum Gasteiger partial charge on any atom is 0.119 e.